The van der Waals surface area contributed by atoms with Crippen molar-refractivity contribution in [3.05, 3.63) is 59.7 Å². The summed E-state index contributed by atoms with van der Waals surface area (Å²) in [5.41, 5.74) is 5.77. The SMILES string of the molecule is CCCCCCCCCCCCC1CCC(c2ccc(-c3ccc(CC(C)CCC)cc3)cc2)CC1. The third-order valence-electron chi connectivity index (χ3n) is 8.85. The molecule has 0 saturated heterocycles. The second-order valence-corrected chi connectivity index (χ2v) is 12.1. The van der Waals surface area contributed by atoms with Gasteiger partial charge in [0.25, 0.3) is 0 Å². The molecule has 0 heterocycles. The van der Waals surface area contributed by atoms with Crippen LogP contribution in [0.15, 0.2) is 48.5 Å². The maximum Gasteiger partial charge on any atom is -0.0162 e. The zero-order chi connectivity index (χ0) is 25.4. The van der Waals surface area contributed by atoms with Gasteiger partial charge in [-0.1, -0.05) is 153 Å². The van der Waals surface area contributed by atoms with E-state index in [-0.39, 0.29) is 0 Å². The van der Waals surface area contributed by atoms with Crippen molar-refractivity contribution in [2.75, 3.05) is 0 Å². The van der Waals surface area contributed by atoms with Crippen molar-refractivity contribution >= 4 is 0 Å². The van der Waals surface area contributed by atoms with E-state index in [1.807, 2.05) is 0 Å². The zero-order valence-electron chi connectivity index (χ0n) is 24.1. The van der Waals surface area contributed by atoms with Crippen molar-refractivity contribution in [1.82, 2.24) is 0 Å². The Kier molecular flexibility index (Phi) is 13.7. The Morgan fingerprint density at radius 3 is 1.69 bits per heavy atom. The van der Waals surface area contributed by atoms with Crippen molar-refractivity contribution < 1.29 is 0 Å². The average Bonchev–Trinajstić information content (AvgIpc) is 2.91. The van der Waals surface area contributed by atoms with E-state index in [0.717, 1.165) is 17.8 Å². The Balaban J connectivity index is 1.31. The molecule has 1 aliphatic carbocycles. The summed E-state index contributed by atoms with van der Waals surface area (Å²) in [6.07, 6.45) is 25.5. The first-order valence-electron chi connectivity index (χ1n) is 15.9. The van der Waals surface area contributed by atoms with Gasteiger partial charge in [-0.05, 0) is 72.1 Å². The fourth-order valence-electron chi connectivity index (χ4n) is 6.48. The third kappa shape index (κ3) is 10.4. The smallest absolute Gasteiger partial charge is 0.0162 e. The van der Waals surface area contributed by atoms with Crippen LogP contribution in [0.5, 0.6) is 0 Å². The maximum absolute atomic E-state index is 2.42. The minimum atomic E-state index is 0.783. The second-order valence-electron chi connectivity index (χ2n) is 12.1. The van der Waals surface area contributed by atoms with Gasteiger partial charge in [-0.15, -0.1) is 0 Å². The van der Waals surface area contributed by atoms with Gasteiger partial charge < -0.3 is 0 Å². The van der Waals surface area contributed by atoms with Crippen LogP contribution in [0, 0.1) is 11.8 Å². The van der Waals surface area contributed by atoms with E-state index in [0.29, 0.717) is 0 Å². The minimum Gasteiger partial charge on any atom is -0.0654 e. The molecule has 1 atom stereocenters. The summed E-state index contributed by atoms with van der Waals surface area (Å²) in [4.78, 5) is 0. The molecule has 0 nitrogen and oxygen atoms in total. The van der Waals surface area contributed by atoms with Gasteiger partial charge in [-0.3, -0.25) is 0 Å². The molecule has 1 fully saturated rings. The largest absolute Gasteiger partial charge is 0.0654 e. The first-order chi connectivity index (χ1) is 17.7. The van der Waals surface area contributed by atoms with Crippen LogP contribution in [0.4, 0.5) is 0 Å². The Bertz CT molecular complexity index is 791. The van der Waals surface area contributed by atoms with Gasteiger partial charge in [0.2, 0.25) is 0 Å². The minimum absolute atomic E-state index is 0.783. The van der Waals surface area contributed by atoms with Crippen LogP contribution in [-0.2, 0) is 6.42 Å². The molecule has 0 bridgehead atoms. The molecule has 0 N–H and O–H groups in total. The van der Waals surface area contributed by atoms with E-state index < -0.39 is 0 Å². The predicted octanol–water partition coefficient (Wildman–Crippen LogP) is 11.9. The Morgan fingerprint density at radius 2 is 1.14 bits per heavy atom. The molecule has 1 aliphatic rings. The first-order valence-corrected chi connectivity index (χ1v) is 15.9. The van der Waals surface area contributed by atoms with Crippen molar-refractivity contribution in [3.8, 4) is 11.1 Å². The Hall–Kier alpha value is -1.56. The van der Waals surface area contributed by atoms with Crippen molar-refractivity contribution in [2.45, 2.75) is 142 Å². The fraction of sp³-hybridized carbons (Fsp3) is 0.667. The number of hydrogen-bond donors (Lipinski definition) is 0. The fourth-order valence-corrected chi connectivity index (χ4v) is 6.48. The summed E-state index contributed by atoms with van der Waals surface area (Å²) in [6, 6.07) is 18.9. The molecule has 0 amide bonds. The molecule has 200 valence electrons. The van der Waals surface area contributed by atoms with E-state index >= 15 is 0 Å². The Morgan fingerprint density at radius 1 is 0.611 bits per heavy atom. The van der Waals surface area contributed by atoms with Crippen LogP contribution in [0.3, 0.4) is 0 Å². The standard InChI is InChI=1S/C36H56/c1-4-6-7-8-9-10-11-12-13-14-16-31-17-21-33(22-18-31)35-25-27-36(28-26-35)34-23-19-32(20-24-34)29-30(3)15-5-2/h19-20,23-28,30-31,33H,4-18,21-22,29H2,1-3H3. The molecule has 0 heteroatoms. The summed E-state index contributed by atoms with van der Waals surface area (Å²) in [7, 11) is 0. The van der Waals surface area contributed by atoms with E-state index in [1.54, 1.807) is 5.56 Å². The van der Waals surface area contributed by atoms with Crippen LogP contribution >= 0.6 is 0 Å². The second kappa shape index (κ2) is 17.0. The highest BCUT2D eigenvalue weighted by Gasteiger charge is 2.22. The highest BCUT2D eigenvalue weighted by molar-refractivity contribution is 5.64. The van der Waals surface area contributed by atoms with Crippen molar-refractivity contribution in [2.24, 2.45) is 11.8 Å². The molecule has 0 aromatic heterocycles. The molecule has 2 aromatic rings. The summed E-state index contributed by atoms with van der Waals surface area (Å²) in [6.45, 7) is 6.97. The topological polar surface area (TPSA) is 0 Å². The quantitative estimate of drug-likeness (QED) is 0.194. The highest BCUT2D eigenvalue weighted by atomic mass is 14.3. The highest BCUT2D eigenvalue weighted by Crippen LogP contribution is 2.38. The van der Waals surface area contributed by atoms with E-state index in [1.165, 1.54) is 132 Å². The molecule has 36 heavy (non-hydrogen) atoms. The van der Waals surface area contributed by atoms with Gasteiger partial charge >= 0.3 is 0 Å². The first kappa shape index (κ1) is 29.0. The lowest BCUT2D eigenvalue weighted by Crippen LogP contribution is -2.13. The lowest BCUT2D eigenvalue weighted by atomic mass is 9.77. The predicted molar refractivity (Wildman–Crippen MR) is 161 cm³/mol. The monoisotopic (exact) mass is 488 g/mol. The van der Waals surface area contributed by atoms with Gasteiger partial charge in [-0.25, -0.2) is 0 Å². The normalized spacial score (nSPS) is 18.9. The van der Waals surface area contributed by atoms with Crippen molar-refractivity contribution in [1.29, 1.82) is 0 Å². The average molecular weight is 489 g/mol. The van der Waals surface area contributed by atoms with Gasteiger partial charge in [0, 0.05) is 0 Å². The molecule has 0 spiro atoms. The lowest BCUT2D eigenvalue weighted by molar-refractivity contribution is 0.302. The van der Waals surface area contributed by atoms with E-state index in [4.69, 9.17) is 0 Å². The van der Waals surface area contributed by atoms with Gasteiger partial charge in [0.05, 0.1) is 0 Å². The summed E-state index contributed by atoms with van der Waals surface area (Å²) in [5, 5.41) is 0. The molecular weight excluding hydrogens is 432 g/mol. The van der Waals surface area contributed by atoms with Crippen LogP contribution in [0.2, 0.25) is 0 Å². The molecule has 0 aliphatic heterocycles. The molecule has 1 saturated carbocycles. The summed E-state index contributed by atoms with van der Waals surface area (Å²) >= 11 is 0. The molecule has 0 radical (unpaired) electrons. The molecular formula is C36H56. The van der Waals surface area contributed by atoms with Crippen LogP contribution in [0.1, 0.15) is 147 Å². The number of benzene rings is 2. The molecule has 1 unspecified atom stereocenters. The number of rotatable bonds is 17. The van der Waals surface area contributed by atoms with E-state index in [2.05, 4.69) is 69.3 Å². The van der Waals surface area contributed by atoms with Gasteiger partial charge in [0.1, 0.15) is 0 Å². The Labute approximate surface area is 224 Å². The third-order valence-corrected chi connectivity index (χ3v) is 8.85. The van der Waals surface area contributed by atoms with Crippen molar-refractivity contribution in [3.63, 3.8) is 0 Å². The number of unbranched alkanes of at least 4 members (excludes halogenated alkanes) is 9. The van der Waals surface area contributed by atoms with Crippen LogP contribution < -0.4 is 0 Å². The zero-order valence-corrected chi connectivity index (χ0v) is 24.1. The van der Waals surface area contributed by atoms with Crippen LogP contribution in [0.25, 0.3) is 11.1 Å². The van der Waals surface area contributed by atoms with E-state index in [9.17, 15) is 0 Å². The number of hydrogen-bond acceptors (Lipinski definition) is 0. The van der Waals surface area contributed by atoms with Crippen LogP contribution in [-0.4, -0.2) is 0 Å². The lowest BCUT2D eigenvalue weighted by Gasteiger charge is -2.29. The molecule has 2 aromatic carbocycles. The van der Waals surface area contributed by atoms with Gasteiger partial charge in [0.15, 0.2) is 0 Å². The van der Waals surface area contributed by atoms with Gasteiger partial charge in [-0.2, -0.15) is 0 Å². The maximum atomic E-state index is 2.42. The summed E-state index contributed by atoms with van der Waals surface area (Å²) in [5.74, 6) is 2.56. The summed E-state index contributed by atoms with van der Waals surface area (Å²) < 4.78 is 0. The molecule has 3 rings (SSSR count).